The number of methoxy groups -OCH3 is 1. The fourth-order valence-electron chi connectivity index (χ4n) is 3.39. The maximum Gasteiger partial charge on any atom is 0.126 e. The topological polar surface area (TPSA) is 35.2 Å². The highest BCUT2D eigenvalue weighted by Crippen LogP contribution is 2.37. The summed E-state index contributed by atoms with van der Waals surface area (Å²) in [4.78, 5) is 0. The highest BCUT2D eigenvalue weighted by atomic mass is 19.1. The zero-order valence-electron chi connectivity index (χ0n) is 12.2. The van der Waals surface area contributed by atoms with Crippen LogP contribution in [-0.4, -0.2) is 18.8 Å². The summed E-state index contributed by atoms with van der Waals surface area (Å²) < 4.78 is 32.2. The largest absolute Gasteiger partial charge is 0.377 e. The normalized spacial score (nSPS) is 28.4. The first kappa shape index (κ1) is 15.4. The summed E-state index contributed by atoms with van der Waals surface area (Å²) in [5.74, 6) is -0.551. The van der Waals surface area contributed by atoms with Crippen molar-refractivity contribution in [1.82, 2.24) is 0 Å². The molecule has 1 saturated carbocycles. The minimum Gasteiger partial charge on any atom is -0.377 e. The van der Waals surface area contributed by atoms with Crippen LogP contribution in [0.1, 0.15) is 38.2 Å². The summed E-state index contributed by atoms with van der Waals surface area (Å²) in [6.45, 7) is 2.20. The maximum atomic E-state index is 13.2. The molecule has 0 aliphatic heterocycles. The van der Waals surface area contributed by atoms with Crippen LogP contribution in [0.5, 0.6) is 0 Å². The van der Waals surface area contributed by atoms with Crippen molar-refractivity contribution in [3.63, 3.8) is 0 Å². The molecular weight excluding hydrogens is 260 g/mol. The molecular formula is C16H23F2NO. The van der Waals surface area contributed by atoms with Gasteiger partial charge < -0.3 is 10.5 Å². The summed E-state index contributed by atoms with van der Waals surface area (Å²) in [7, 11) is 1.68. The molecule has 1 aromatic carbocycles. The predicted octanol–water partition coefficient (Wildman–Crippen LogP) is 3.43. The van der Waals surface area contributed by atoms with Gasteiger partial charge in [-0.3, -0.25) is 0 Å². The van der Waals surface area contributed by atoms with Crippen molar-refractivity contribution < 1.29 is 13.5 Å². The molecule has 0 heterocycles. The van der Waals surface area contributed by atoms with E-state index >= 15 is 0 Å². The molecule has 0 spiro atoms. The first-order chi connectivity index (χ1) is 9.45. The van der Waals surface area contributed by atoms with Crippen molar-refractivity contribution in [2.24, 2.45) is 11.7 Å². The summed E-state index contributed by atoms with van der Waals surface area (Å²) in [6, 6.07) is 3.32. The molecule has 0 amide bonds. The van der Waals surface area contributed by atoms with Crippen LogP contribution in [0.4, 0.5) is 8.78 Å². The SMILES string of the molecule is COC1(C(N)Cc2cc(F)cc(F)c2)CCCC(C)C1. The van der Waals surface area contributed by atoms with Crippen LogP contribution in [0.3, 0.4) is 0 Å². The van der Waals surface area contributed by atoms with Gasteiger partial charge >= 0.3 is 0 Å². The van der Waals surface area contributed by atoms with Crippen molar-refractivity contribution in [2.45, 2.75) is 50.7 Å². The number of halogens is 2. The molecule has 0 aromatic heterocycles. The Bertz CT molecular complexity index is 446. The van der Waals surface area contributed by atoms with Gasteiger partial charge in [0.1, 0.15) is 11.6 Å². The van der Waals surface area contributed by atoms with Crippen LogP contribution in [0.15, 0.2) is 18.2 Å². The molecule has 3 atom stereocenters. The lowest BCUT2D eigenvalue weighted by Gasteiger charge is -2.43. The lowest BCUT2D eigenvalue weighted by molar-refractivity contribution is -0.0705. The van der Waals surface area contributed by atoms with Crippen LogP contribution in [0.2, 0.25) is 0 Å². The lowest BCUT2D eigenvalue weighted by atomic mass is 9.73. The third-order valence-electron chi connectivity index (χ3n) is 4.45. The number of hydrogen-bond acceptors (Lipinski definition) is 2. The monoisotopic (exact) mass is 283 g/mol. The molecule has 1 aliphatic rings. The van der Waals surface area contributed by atoms with Crippen LogP contribution >= 0.6 is 0 Å². The Morgan fingerprint density at radius 2 is 2.00 bits per heavy atom. The molecule has 2 rings (SSSR count). The Balaban J connectivity index is 2.14. The van der Waals surface area contributed by atoms with E-state index in [0.29, 0.717) is 17.9 Å². The van der Waals surface area contributed by atoms with Gasteiger partial charge in [-0.15, -0.1) is 0 Å². The molecule has 1 aromatic rings. The fraction of sp³-hybridized carbons (Fsp3) is 0.625. The van der Waals surface area contributed by atoms with Crippen LogP contribution in [0.25, 0.3) is 0 Å². The number of ether oxygens (including phenoxy) is 1. The Kier molecular flexibility index (Phi) is 4.76. The van der Waals surface area contributed by atoms with E-state index in [2.05, 4.69) is 6.92 Å². The Morgan fingerprint density at radius 3 is 2.55 bits per heavy atom. The Morgan fingerprint density at radius 1 is 1.35 bits per heavy atom. The Hall–Kier alpha value is -1.00. The molecule has 2 nitrogen and oxygen atoms in total. The zero-order valence-corrected chi connectivity index (χ0v) is 12.2. The van der Waals surface area contributed by atoms with Crippen molar-refractivity contribution in [2.75, 3.05) is 7.11 Å². The first-order valence-corrected chi connectivity index (χ1v) is 7.21. The zero-order chi connectivity index (χ0) is 14.8. The van der Waals surface area contributed by atoms with Gasteiger partial charge in [0.2, 0.25) is 0 Å². The average Bonchev–Trinajstić information content (AvgIpc) is 2.37. The standard InChI is InChI=1S/C16H23F2NO/c1-11-4-3-5-16(10-11,20-2)15(19)8-12-6-13(17)9-14(18)7-12/h6-7,9,11,15H,3-5,8,10,19H2,1-2H3. The molecule has 4 heteroatoms. The highest BCUT2D eigenvalue weighted by Gasteiger charge is 2.40. The van der Waals surface area contributed by atoms with E-state index in [1.807, 2.05) is 0 Å². The van der Waals surface area contributed by atoms with Gasteiger partial charge in [0.05, 0.1) is 5.60 Å². The Labute approximate surface area is 119 Å². The van der Waals surface area contributed by atoms with E-state index < -0.39 is 11.6 Å². The summed E-state index contributed by atoms with van der Waals surface area (Å²) >= 11 is 0. The summed E-state index contributed by atoms with van der Waals surface area (Å²) in [6.07, 6.45) is 4.51. The third kappa shape index (κ3) is 3.36. The van der Waals surface area contributed by atoms with Crippen molar-refractivity contribution >= 4 is 0 Å². The average molecular weight is 283 g/mol. The second-order valence-corrected chi connectivity index (χ2v) is 6.06. The van der Waals surface area contributed by atoms with Crippen molar-refractivity contribution in [3.05, 3.63) is 35.4 Å². The minimum atomic E-state index is -0.560. The van der Waals surface area contributed by atoms with Gasteiger partial charge in [-0.05, 0) is 42.9 Å². The van der Waals surface area contributed by atoms with Gasteiger partial charge in [-0.25, -0.2) is 8.78 Å². The van der Waals surface area contributed by atoms with Crippen LogP contribution in [0, 0.1) is 17.6 Å². The third-order valence-corrected chi connectivity index (χ3v) is 4.45. The van der Waals surface area contributed by atoms with E-state index in [4.69, 9.17) is 10.5 Å². The van der Waals surface area contributed by atoms with Gasteiger partial charge in [-0.2, -0.15) is 0 Å². The highest BCUT2D eigenvalue weighted by molar-refractivity contribution is 5.20. The molecule has 0 bridgehead atoms. The predicted molar refractivity (Wildman–Crippen MR) is 75.4 cm³/mol. The molecule has 1 aliphatic carbocycles. The van der Waals surface area contributed by atoms with Crippen molar-refractivity contribution in [3.8, 4) is 0 Å². The van der Waals surface area contributed by atoms with Gasteiger partial charge in [-0.1, -0.05) is 19.8 Å². The minimum absolute atomic E-state index is 0.253. The number of benzene rings is 1. The van der Waals surface area contributed by atoms with Gasteiger partial charge in [0.25, 0.3) is 0 Å². The molecule has 20 heavy (non-hydrogen) atoms. The van der Waals surface area contributed by atoms with Gasteiger partial charge in [0.15, 0.2) is 0 Å². The van der Waals surface area contributed by atoms with Crippen LogP contribution in [-0.2, 0) is 11.2 Å². The molecule has 2 N–H and O–H groups in total. The number of nitrogens with two attached hydrogens (primary N) is 1. The molecule has 112 valence electrons. The van der Waals surface area contributed by atoms with E-state index in [1.165, 1.54) is 18.6 Å². The molecule has 0 radical (unpaired) electrons. The second-order valence-electron chi connectivity index (χ2n) is 6.06. The molecule has 1 fully saturated rings. The second kappa shape index (κ2) is 6.19. The lowest BCUT2D eigenvalue weighted by Crippen LogP contribution is -2.53. The summed E-state index contributed by atoms with van der Waals surface area (Å²) in [5, 5.41) is 0. The maximum absolute atomic E-state index is 13.2. The van der Waals surface area contributed by atoms with Crippen molar-refractivity contribution in [1.29, 1.82) is 0 Å². The van der Waals surface area contributed by atoms with Crippen LogP contribution < -0.4 is 5.73 Å². The first-order valence-electron chi connectivity index (χ1n) is 7.21. The smallest absolute Gasteiger partial charge is 0.126 e. The van der Waals surface area contributed by atoms with E-state index in [-0.39, 0.29) is 11.6 Å². The van der Waals surface area contributed by atoms with Gasteiger partial charge in [0, 0.05) is 19.2 Å². The summed E-state index contributed by atoms with van der Waals surface area (Å²) in [5.41, 5.74) is 6.53. The molecule has 0 saturated heterocycles. The quantitative estimate of drug-likeness (QED) is 0.919. The van der Waals surface area contributed by atoms with E-state index in [0.717, 1.165) is 25.3 Å². The number of rotatable bonds is 4. The van der Waals surface area contributed by atoms with E-state index in [1.54, 1.807) is 7.11 Å². The molecule has 3 unspecified atom stereocenters. The number of hydrogen-bond donors (Lipinski definition) is 1. The fourth-order valence-corrected chi connectivity index (χ4v) is 3.39. The van der Waals surface area contributed by atoms with E-state index in [9.17, 15) is 8.78 Å².